The average Bonchev–Trinajstić information content (AvgIpc) is 3.51. The van der Waals surface area contributed by atoms with E-state index in [0.717, 1.165) is 16.7 Å². The third kappa shape index (κ3) is 7.56. The van der Waals surface area contributed by atoms with Gasteiger partial charge in [-0.1, -0.05) is 23.8 Å². The van der Waals surface area contributed by atoms with Gasteiger partial charge in [0.25, 0.3) is 0 Å². The summed E-state index contributed by atoms with van der Waals surface area (Å²) >= 11 is 0. The second-order valence-corrected chi connectivity index (χ2v) is 9.27. The van der Waals surface area contributed by atoms with Gasteiger partial charge in [0.2, 0.25) is 11.8 Å². The van der Waals surface area contributed by atoms with Crippen molar-refractivity contribution in [1.82, 2.24) is 40.6 Å². The zero-order valence-corrected chi connectivity index (χ0v) is 23.0. The van der Waals surface area contributed by atoms with Crippen LogP contribution in [-0.4, -0.2) is 74.4 Å². The zero-order valence-electron chi connectivity index (χ0n) is 23.0. The number of hydrogen-bond acceptors (Lipinski definition) is 9. The predicted octanol–water partition coefficient (Wildman–Crippen LogP) is 2.96. The molecular formula is C28H29N9O4. The molecule has 1 atom stereocenters. The number of aromatic nitrogens is 6. The lowest BCUT2D eigenvalue weighted by atomic mass is 10.0. The Morgan fingerprint density at radius 3 is 2.54 bits per heavy atom. The highest BCUT2D eigenvalue weighted by atomic mass is 16.5. The molecule has 0 saturated carbocycles. The number of anilines is 1. The van der Waals surface area contributed by atoms with Gasteiger partial charge in [0.05, 0.1) is 37.2 Å². The first-order valence-electron chi connectivity index (χ1n) is 12.5. The molecule has 0 fully saturated rings. The van der Waals surface area contributed by atoms with Gasteiger partial charge >= 0.3 is 6.09 Å². The van der Waals surface area contributed by atoms with Crippen molar-refractivity contribution in [2.75, 3.05) is 26.5 Å². The van der Waals surface area contributed by atoms with E-state index in [0.29, 0.717) is 22.6 Å². The summed E-state index contributed by atoms with van der Waals surface area (Å²) in [5, 5.41) is 25.1. The number of rotatable bonds is 9. The molecule has 0 radical (unpaired) electrons. The number of benzene rings is 2. The number of nitrogens with zero attached hydrogens (tertiary/aromatic N) is 7. The van der Waals surface area contributed by atoms with Crippen LogP contribution in [0.15, 0.2) is 67.1 Å². The minimum absolute atomic E-state index is 0.0139. The molecule has 2 heterocycles. The van der Waals surface area contributed by atoms with Crippen molar-refractivity contribution < 1.29 is 19.1 Å². The number of aryl methyl sites for hydroxylation is 1. The van der Waals surface area contributed by atoms with Gasteiger partial charge < -0.3 is 15.0 Å². The Bertz CT molecular complexity index is 1550. The lowest BCUT2D eigenvalue weighted by molar-refractivity contribution is -0.129. The number of carbonyl (C=O) groups excluding carboxylic acids is 3. The molecule has 13 heteroatoms. The van der Waals surface area contributed by atoms with Crippen LogP contribution in [0.5, 0.6) is 0 Å². The molecule has 13 nitrogen and oxygen atoms in total. The number of amides is 3. The molecule has 0 saturated heterocycles. The Balaban J connectivity index is 1.57. The first-order chi connectivity index (χ1) is 19.7. The van der Waals surface area contributed by atoms with Crippen molar-refractivity contribution in [3.8, 4) is 16.9 Å². The fourth-order valence-corrected chi connectivity index (χ4v) is 3.89. The fraction of sp³-hybridized carbons (Fsp3) is 0.214. The van der Waals surface area contributed by atoms with E-state index in [-0.39, 0.29) is 12.3 Å². The van der Waals surface area contributed by atoms with Crippen LogP contribution in [0.3, 0.4) is 0 Å². The summed E-state index contributed by atoms with van der Waals surface area (Å²) in [6, 6.07) is 13.7. The van der Waals surface area contributed by atoms with Crippen LogP contribution in [0.4, 0.5) is 10.5 Å². The van der Waals surface area contributed by atoms with Crippen LogP contribution < -0.4 is 10.6 Å². The summed E-state index contributed by atoms with van der Waals surface area (Å²) in [5.41, 5.74) is 4.87. The van der Waals surface area contributed by atoms with Gasteiger partial charge in [-0.25, -0.2) is 4.79 Å². The number of ether oxygens (including phenoxy) is 1. The number of tetrazole rings is 1. The maximum atomic E-state index is 13.1. The quantitative estimate of drug-likeness (QED) is 0.296. The van der Waals surface area contributed by atoms with Crippen LogP contribution >= 0.6 is 0 Å². The molecule has 0 aliphatic carbocycles. The highest BCUT2D eigenvalue weighted by Gasteiger charge is 2.20. The van der Waals surface area contributed by atoms with Gasteiger partial charge in [-0.3, -0.25) is 14.9 Å². The molecule has 0 aliphatic heterocycles. The van der Waals surface area contributed by atoms with Gasteiger partial charge in [0.1, 0.15) is 6.33 Å². The summed E-state index contributed by atoms with van der Waals surface area (Å²) in [7, 11) is 4.59. The summed E-state index contributed by atoms with van der Waals surface area (Å²) in [5.74, 6) is -0.571. The first kappa shape index (κ1) is 28.5. The molecule has 4 rings (SSSR count). The Labute approximate surface area is 236 Å². The Morgan fingerprint density at radius 1 is 1.07 bits per heavy atom. The van der Waals surface area contributed by atoms with E-state index >= 15 is 0 Å². The Kier molecular flexibility index (Phi) is 9.09. The van der Waals surface area contributed by atoms with Crippen LogP contribution in [0.2, 0.25) is 0 Å². The molecule has 0 spiro atoms. The van der Waals surface area contributed by atoms with E-state index in [1.54, 1.807) is 50.5 Å². The summed E-state index contributed by atoms with van der Waals surface area (Å²) < 4.78 is 6.12. The van der Waals surface area contributed by atoms with E-state index in [2.05, 4.69) is 41.1 Å². The second kappa shape index (κ2) is 13.1. The lowest BCUT2D eigenvalue weighted by Crippen LogP contribution is -2.32. The van der Waals surface area contributed by atoms with E-state index in [4.69, 9.17) is 0 Å². The molecule has 1 unspecified atom stereocenters. The number of methoxy groups -OCH3 is 1. The Morgan fingerprint density at radius 2 is 1.85 bits per heavy atom. The smallest absolute Gasteiger partial charge is 0.411 e. The molecule has 2 N–H and O–H groups in total. The highest BCUT2D eigenvalue weighted by Crippen LogP contribution is 2.24. The Hall–Kier alpha value is -5.46. The van der Waals surface area contributed by atoms with Crippen LogP contribution in [-0.2, 0) is 14.3 Å². The molecule has 3 amide bonds. The van der Waals surface area contributed by atoms with Crippen LogP contribution in [0, 0.1) is 6.92 Å². The van der Waals surface area contributed by atoms with Crippen molar-refractivity contribution >= 4 is 29.7 Å². The van der Waals surface area contributed by atoms with Crippen molar-refractivity contribution in [2.45, 2.75) is 19.4 Å². The molecule has 2 aromatic heterocycles. The lowest BCUT2D eigenvalue weighted by Gasteiger charge is -2.20. The first-order valence-corrected chi connectivity index (χ1v) is 12.5. The topological polar surface area (TPSA) is 157 Å². The number of hydrogen-bond donors (Lipinski definition) is 2. The standard InChI is InChI=1S/C28H29N9O4/c1-18-5-11-25(37-17-30-34-35-37)20(13-18)8-12-26(38)32-23(15-27(39)36(2)3)21-14-24(33-29-16-21)19-6-9-22(10-7-19)31-28(40)41-4/h5-14,16-17,23H,15H2,1-4H3,(H,31,40)(H,32,38)/b12-8+. The van der Waals surface area contributed by atoms with E-state index in [9.17, 15) is 14.4 Å². The average molecular weight is 556 g/mol. The predicted molar refractivity (Wildman–Crippen MR) is 151 cm³/mol. The van der Waals surface area contributed by atoms with Crippen molar-refractivity contribution in [3.05, 3.63) is 83.8 Å². The summed E-state index contributed by atoms with van der Waals surface area (Å²) in [4.78, 5) is 38.7. The van der Waals surface area contributed by atoms with Crippen LogP contribution in [0.25, 0.3) is 23.0 Å². The molecule has 0 aliphatic rings. The van der Waals surface area contributed by atoms with E-state index in [1.807, 2.05) is 25.1 Å². The molecular weight excluding hydrogens is 526 g/mol. The fourth-order valence-electron chi connectivity index (χ4n) is 3.89. The van der Waals surface area contributed by atoms with Crippen LogP contribution in [0.1, 0.15) is 29.2 Å². The molecule has 41 heavy (non-hydrogen) atoms. The van der Waals surface area contributed by atoms with Gasteiger partial charge in [0, 0.05) is 37.0 Å². The van der Waals surface area contributed by atoms with E-state index in [1.165, 1.54) is 35.3 Å². The molecule has 0 bridgehead atoms. The monoisotopic (exact) mass is 555 g/mol. The maximum Gasteiger partial charge on any atom is 0.411 e. The molecule has 210 valence electrons. The molecule has 2 aromatic carbocycles. The SMILES string of the molecule is COC(=O)Nc1ccc(-c2cc(C(CC(=O)N(C)C)NC(=O)/C=C/c3cc(C)ccc3-n3cnnn3)cnn2)cc1. The third-order valence-electron chi connectivity index (χ3n) is 6.08. The third-order valence-corrected chi connectivity index (χ3v) is 6.08. The number of nitrogens with one attached hydrogen (secondary N) is 2. The molecule has 4 aromatic rings. The normalized spacial score (nSPS) is 11.6. The number of carbonyl (C=O) groups is 3. The van der Waals surface area contributed by atoms with Gasteiger partial charge in [-0.2, -0.15) is 14.9 Å². The largest absolute Gasteiger partial charge is 0.453 e. The van der Waals surface area contributed by atoms with Crippen molar-refractivity contribution in [3.63, 3.8) is 0 Å². The van der Waals surface area contributed by atoms with E-state index < -0.39 is 18.0 Å². The maximum absolute atomic E-state index is 13.1. The van der Waals surface area contributed by atoms with Gasteiger partial charge in [0.15, 0.2) is 0 Å². The van der Waals surface area contributed by atoms with Gasteiger partial charge in [-0.05, 0) is 59.3 Å². The zero-order chi connectivity index (χ0) is 29.4. The highest BCUT2D eigenvalue weighted by molar-refractivity contribution is 5.93. The van der Waals surface area contributed by atoms with Crippen molar-refractivity contribution in [2.24, 2.45) is 0 Å². The second-order valence-electron chi connectivity index (χ2n) is 9.27. The van der Waals surface area contributed by atoms with Gasteiger partial charge in [-0.15, -0.1) is 5.10 Å². The summed E-state index contributed by atoms with van der Waals surface area (Å²) in [6.45, 7) is 1.95. The minimum atomic E-state index is -0.673. The summed E-state index contributed by atoms with van der Waals surface area (Å²) in [6.07, 6.45) is 5.50. The van der Waals surface area contributed by atoms with Crippen molar-refractivity contribution in [1.29, 1.82) is 0 Å². The minimum Gasteiger partial charge on any atom is -0.453 e.